The molecule has 2 N–H and O–H groups in total. The SMILES string of the molecule is C=CCn1c(SCC(=O)Nc2ccccc2)nnc1C(C)NC(=O)c1ccc(Cl)cc1. The standard InChI is InChI=1S/C22H22ClN5O2S/c1-3-13-28-20(15(2)24-21(30)16-9-11-17(23)12-10-16)26-27-22(28)31-14-19(29)25-18-7-5-4-6-8-18/h3-12,15H,1,13-14H2,2H3,(H,24,30)(H,25,29). The van der Waals surface area contributed by atoms with Crippen molar-refractivity contribution >= 4 is 40.9 Å². The molecule has 0 aliphatic carbocycles. The quantitative estimate of drug-likeness (QED) is 0.370. The predicted octanol–water partition coefficient (Wildman–Crippen LogP) is 4.34. The van der Waals surface area contributed by atoms with Crippen molar-refractivity contribution < 1.29 is 9.59 Å². The number of para-hydroxylation sites is 1. The van der Waals surface area contributed by atoms with Crippen LogP contribution in [0.5, 0.6) is 0 Å². The largest absolute Gasteiger partial charge is 0.342 e. The lowest BCUT2D eigenvalue weighted by Crippen LogP contribution is -2.28. The summed E-state index contributed by atoms with van der Waals surface area (Å²) < 4.78 is 1.83. The number of thioether (sulfide) groups is 1. The summed E-state index contributed by atoms with van der Waals surface area (Å²) in [5, 5.41) is 15.3. The van der Waals surface area contributed by atoms with Gasteiger partial charge in [-0.2, -0.15) is 0 Å². The minimum atomic E-state index is -0.400. The Morgan fingerprint density at radius 3 is 2.55 bits per heavy atom. The second-order valence-electron chi connectivity index (χ2n) is 6.64. The van der Waals surface area contributed by atoms with E-state index in [1.807, 2.05) is 41.8 Å². The molecule has 0 radical (unpaired) electrons. The third-order valence-corrected chi connectivity index (χ3v) is 5.51. The number of aromatic nitrogens is 3. The molecule has 3 rings (SSSR count). The van der Waals surface area contributed by atoms with Crippen LogP contribution in [0, 0.1) is 0 Å². The molecule has 160 valence electrons. The van der Waals surface area contributed by atoms with Gasteiger partial charge in [0.25, 0.3) is 5.91 Å². The highest BCUT2D eigenvalue weighted by atomic mass is 35.5. The van der Waals surface area contributed by atoms with Crippen molar-refractivity contribution in [1.29, 1.82) is 0 Å². The van der Waals surface area contributed by atoms with Gasteiger partial charge in [0, 0.05) is 22.8 Å². The molecule has 3 aromatic rings. The second-order valence-corrected chi connectivity index (χ2v) is 8.02. The number of carbonyl (C=O) groups excluding carboxylic acids is 2. The number of amides is 2. The lowest BCUT2D eigenvalue weighted by Gasteiger charge is -2.15. The molecule has 0 aliphatic heterocycles. The number of benzene rings is 2. The highest BCUT2D eigenvalue weighted by Gasteiger charge is 2.20. The fourth-order valence-corrected chi connectivity index (χ4v) is 3.70. The van der Waals surface area contributed by atoms with Gasteiger partial charge in [-0.25, -0.2) is 0 Å². The molecule has 1 atom stereocenters. The molecule has 2 aromatic carbocycles. The number of nitrogens with zero attached hydrogens (tertiary/aromatic N) is 3. The summed E-state index contributed by atoms with van der Waals surface area (Å²) in [4.78, 5) is 24.8. The first-order valence-corrected chi connectivity index (χ1v) is 10.9. The monoisotopic (exact) mass is 455 g/mol. The first-order chi connectivity index (χ1) is 15.0. The van der Waals surface area contributed by atoms with E-state index in [9.17, 15) is 9.59 Å². The molecule has 0 bridgehead atoms. The van der Waals surface area contributed by atoms with E-state index >= 15 is 0 Å². The zero-order valence-corrected chi connectivity index (χ0v) is 18.5. The smallest absolute Gasteiger partial charge is 0.251 e. The Morgan fingerprint density at radius 2 is 1.87 bits per heavy atom. The lowest BCUT2D eigenvalue weighted by atomic mass is 10.2. The lowest BCUT2D eigenvalue weighted by molar-refractivity contribution is -0.113. The third-order valence-electron chi connectivity index (χ3n) is 4.29. The zero-order chi connectivity index (χ0) is 22.2. The molecule has 0 saturated heterocycles. The molecule has 0 saturated carbocycles. The highest BCUT2D eigenvalue weighted by Crippen LogP contribution is 2.21. The van der Waals surface area contributed by atoms with Gasteiger partial charge in [0.05, 0.1) is 11.8 Å². The average Bonchev–Trinajstić information content (AvgIpc) is 3.16. The maximum absolute atomic E-state index is 12.5. The molecule has 0 aliphatic rings. The van der Waals surface area contributed by atoms with Crippen molar-refractivity contribution in [2.24, 2.45) is 0 Å². The van der Waals surface area contributed by atoms with Crippen molar-refractivity contribution in [1.82, 2.24) is 20.1 Å². The van der Waals surface area contributed by atoms with Crippen LogP contribution in [-0.2, 0) is 11.3 Å². The molecule has 1 aromatic heterocycles. The van der Waals surface area contributed by atoms with Gasteiger partial charge >= 0.3 is 0 Å². The molecule has 0 fully saturated rings. The van der Waals surface area contributed by atoms with Crippen LogP contribution in [0.15, 0.2) is 72.4 Å². The van der Waals surface area contributed by atoms with Crippen LogP contribution in [0.1, 0.15) is 29.1 Å². The van der Waals surface area contributed by atoms with Crippen molar-refractivity contribution in [3.63, 3.8) is 0 Å². The van der Waals surface area contributed by atoms with Gasteiger partial charge in [0.2, 0.25) is 5.91 Å². The topological polar surface area (TPSA) is 88.9 Å². The maximum atomic E-state index is 12.5. The molecule has 1 heterocycles. The minimum absolute atomic E-state index is 0.144. The van der Waals surface area contributed by atoms with Gasteiger partial charge < -0.3 is 15.2 Å². The fourth-order valence-electron chi connectivity index (χ4n) is 2.82. The fraction of sp³-hybridized carbons (Fsp3) is 0.182. The molecule has 1 unspecified atom stereocenters. The predicted molar refractivity (Wildman–Crippen MR) is 123 cm³/mol. The van der Waals surface area contributed by atoms with Crippen LogP contribution >= 0.6 is 23.4 Å². The van der Waals surface area contributed by atoms with Crippen LogP contribution in [0.2, 0.25) is 5.02 Å². The molecule has 2 amide bonds. The number of allylic oxidation sites excluding steroid dienone is 1. The van der Waals surface area contributed by atoms with Gasteiger partial charge in [-0.05, 0) is 43.3 Å². The Labute approximate surface area is 189 Å². The highest BCUT2D eigenvalue weighted by molar-refractivity contribution is 7.99. The number of rotatable bonds is 9. The molecular weight excluding hydrogens is 434 g/mol. The summed E-state index contributed by atoms with van der Waals surface area (Å²) in [6.07, 6.45) is 1.72. The van der Waals surface area contributed by atoms with E-state index in [1.54, 1.807) is 30.3 Å². The van der Waals surface area contributed by atoms with Crippen LogP contribution in [-0.4, -0.2) is 32.3 Å². The van der Waals surface area contributed by atoms with E-state index in [0.29, 0.717) is 28.1 Å². The van der Waals surface area contributed by atoms with Gasteiger partial charge in [-0.15, -0.1) is 16.8 Å². The Morgan fingerprint density at radius 1 is 1.16 bits per heavy atom. The van der Waals surface area contributed by atoms with Crippen molar-refractivity contribution in [2.45, 2.75) is 24.7 Å². The Hall–Kier alpha value is -3.10. The molecule has 0 spiro atoms. The molecule has 31 heavy (non-hydrogen) atoms. The Kier molecular flexibility index (Phi) is 7.86. The Balaban J connectivity index is 1.66. The first-order valence-electron chi connectivity index (χ1n) is 9.56. The van der Waals surface area contributed by atoms with Crippen LogP contribution in [0.4, 0.5) is 5.69 Å². The van der Waals surface area contributed by atoms with E-state index < -0.39 is 6.04 Å². The number of halogens is 1. The van der Waals surface area contributed by atoms with Crippen LogP contribution < -0.4 is 10.6 Å². The Bertz CT molecular complexity index is 1050. The van der Waals surface area contributed by atoms with E-state index in [-0.39, 0.29) is 17.6 Å². The summed E-state index contributed by atoms with van der Waals surface area (Å²) in [7, 11) is 0. The zero-order valence-electron chi connectivity index (χ0n) is 16.9. The number of anilines is 1. The summed E-state index contributed by atoms with van der Waals surface area (Å²) in [5.41, 5.74) is 1.23. The summed E-state index contributed by atoms with van der Waals surface area (Å²) in [6.45, 7) is 6.06. The van der Waals surface area contributed by atoms with Gasteiger partial charge in [-0.1, -0.05) is 47.6 Å². The normalized spacial score (nSPS) is 11.5. The van der Waals surface area contributed by atoms with Crippen LogP contribution in [0.25, 0.3) is 0 Å². The molecular formula is C22H22ClN5O2S. The van der Waals surface area contributed by atoms with E-state index in [1.165, 1.54) is 11.8 Å². The minimum Gasteiger partial charge on any atom is -0.342 e. The first kappa shape index (κ1) is 22.6. The van der Waals surface area contributed by atoms with Crippen molar-refractivity contribution in [3.8, 4) is 0 Å². The third kappa shape index (κ3) is 6.19. The van der Waals surface area contributed by atoms with Crippen LogP contribution in [0.3, 0.4) is 0 Å². The average molecular weight is 456 g/mol. The van der Waals surface area contributed by atoms with Gasteiger partial charge in [0.15, 0.2) is 11.0 Å². The van der Waals surface area contributed by atoms with Gasteiger partial charge in [-0.3, -0.25) is 9.59 Å². The summed E-state index contributed by atoms with van der Waals surface area (Å²) in [5.74, 6) is 0.368. The maximum Gasteiger partial charge on any atom is 0.251 e. The second kappa shape index (κ2) is 10.8. The summed E-state index contributed by atoms with van der Waals surface area (Å²) >= 11 is 7.15. The van der Waals surface area contributed by atoms with Crippen molar-refractivity contribution in [3.05, 3.63) is 83.7 Å². The molecule has 9 heteroatoms. The number of hydrogen-bond acceptors (Lipinski definition) is 5. The number of hydrogen-bond donors (Lipinski definition) is 2. The van der Waals surface area contributed by atoms with E-state index in [2.05, 4.69) is 27.4 Å². The van der Waals surface area contributed by atoms with Crippen molar-refractivity contribution in [2.75, 3.05) is 11.1 Å². The van der Waals surface area contributed by atoms with E-state index in [4.69, 9.17) is 11.6 Å². The van der Waals surface area contributed by atoms with Gasteiger partial charge in [0.1, 0.15) is 0 Å². The molecule has 7 nitrogen and oxygen atoms in total. The number of nitrogens with one attached hydrogen (secondary N) is 2. The van der Waals surface area contributed by atoms with E-state index in [0.717, 1.165) is 5.69 Å². The summed E-state index contributed by atoms with van der Waals surface area (Å²) in [6, 6.07) is 15.5. The number of carbonyl (C=O) groups is 2.